The summed E-state index contributed by atoms with van der Waals surface area (Å²) in [5.41, 5.74) is 5.20. The summed E-state index contributed by atoms with van der Waals surface area (Å²) in [5.74, 6) is 1.04. The third-order valence-electron chi connectivity index (χ3n) is 3.38. The van der Waals surface area contributed by atoms with Crippen LogP contribution in [0.4, 0.5) is 0 Å². The fraction of sp³-hybridized carbons (Fsp3) is 0.250. The van der Waals surface area contributed by atoms with Crippen LogP contribution < -0.4 is 4.74 Å². The van der Waals surface area contributed by atoms with Crippen LogP contribution in [0.5, 0.6) is 5.75 Å². The molecule has 0 saturated heterocycles. The second-order valence-electron chi connectivity index (χ2n) is 4.74. The molecule has 18 heavy (non-hydrogen) atoms. The van der Waals surface area contributed by atoms with Crippen molar-refractivity contribution in [2.45, 2.75) is 18.2 Å². The first-order valence-electron chi connectivity index (χ1n) is 6.20. The molecule has 92 valence electrons. The summed E-state index contributed by atoms with van der Waals surface area (Å²) < 4.78 is 5.54. The van der Waals surface area contributed by atoms with Crippen molar-refractivity contribution in [1.82, 2.24) is 0 Å². The molecule has 0 aromatic heterocycles. The van der Waals surface area contributed by atoms with Crippen molar-refractivity contribution >= 4 is 15.9 Å². The van der Waals surface area contributed by atoms with E-state index in [-0.39, 0.29) is 4.83 Å². The van der Waals surface area contributed by atoms with E-state index >= 15 is 0 Å². The Balaban J connectivity index is 1.92. The van der Waals surface area contributed by atoms with Gasteiger partial charge in [0.1, 0.15) is 5.75 Å². The lowest BCUT2D eigenvalue weighted by Gasteiger charge is -2.12. The second kappa shape index (κ2) is 4.77. The molecule has 2 heteroatoms. The van der Waals surface area contributed by atoms with Crippen LogP contribution in [-0.2, 0) is 6.42 Å². The van der Waals surface area contributed by atoms with Crippen LogP contribution in [0.3, 0.4) is 0 Å². The van der Waals surface area contributed by atoms with Crippen LogP contribution in [0, 0.1) is 6.92 Å². The Bertz CT molecular complexity index is 560. The Kier molecular flexibility index (Phi) is 3.13. The summed E-state index contributed by atoms with van der Waals surface area (Å²) in [6.07, 6.45) is 1.02. The summed E-state index contributed by atoms with van der Waals surface area (Å²) in [5, 5.41) is 0. The molecule has 0 fully saturated rings. The molecule has 0 N–H and O–H groups in total. The van der Waals surface area contributed by atoms with Gasteiger partial charge < -0.3 is 4.74 Å². The molecule has 0 amide bonds. The number of ether oxygens (including phenoxy) is 1. The number of hydrogen-bond acceptors (Lipinski definition) is 1. The molecule has 3 rings (SSSR count). The zero-order chi connectivity index (χ0) is 12.5. The van der Waals surface area contributed by atoms with Gasteiger partial charge in [-0.2, -0.15) is 0 Å². The average molecular weight is 303 g/mol. The highest BCUT2D eigenvalue weighted by Crippen LogP contribution is 2.35. The molecule has 0 saturated carbocycles. The fourth-order valence-corrected chi connectivity index (χ4v) is 2.88. The molecule has 1 nitrogen and oxygen atoms in total. The Morgan fingerprint density at radius 2 is 1.78 bits per heavy atom. The van der Waals surface area contributed by atoms with Crippen LogP contribution in [0.25, 0.3) is 0 Å². The van der Waals surface area contributed by atoms with E-state index in [1.54, 1.807) is 0 Å². The number of rotatable bonds is 2. The Labute approximate surface area is 116 Å². The smallest absolute Gasteiger partial charge is 0.122 e. The van der Waals surface area contributed by atoms with Crippen molar-refractivity contribution in [3.63, 3.8) is 0 Å². The maximum atomic E-state index is 5.54. The predicted molar refractivity (Wildman–Crippen MR) is 77.6 cm³/mol. The molecular weight excluding hydrogens is 288 g/mol. The van der Waals surface area contributed by atoms with Crippen LogP contribution in [0.1, 0.15) is 27.1 Å². The molecule has 1 aliphatic rings. The third-order valence-corrected chi connectivity index (χ3v) is 4.43. The number of benzene rings is 2. The Morgan fingerprint density at radius 1 is 1.06 bits per heavy atom. The number of alkyl halides is 1. The fourth-order valence-electron chi connectivity index (χ4n) is 2.29. The zero-order valence-corrected chi connectivity index (χ0v) is 11.9. The minimum absolute atomic E-state index is 0.254. The number of fused-ring (bicyclic) bond motifs is 1. The summed E-state index contributed by atoms with van der Waals surface area (Å²) >= 11 is 3.79. The van der Waals surface area contributed by atoms with Gasteiger partial charge in [0.05, 0.1) is 11.4 Å². The number of aryl methyl sites for hydroxylation is 1. The average Bonchev–Trinajstić information content (AvgIpc) is 2.86. The second-order valence-corrected chi connectivity index (χ2v) is 5.65. The predicted octanol–water partition coefficient (Wildman–Crippen LogP) is 4.41. The largest absolute Gasteiger partial charge is 0.493 e. The van der Waals surface area contributed by atoms with Gasteiger partial charge in [-0.1, -0.05) is 57.9 Å². The lowest BCUT2D eigenvalue weighted by atomic mass is 10.0. The first-order valence-corrected chi connectivity index (χ1v) is 7.12. The van der Waals surface area contributed by atoms with Crippen molar-refractivity contribution in [2.24, 2.45) is 0 Å². The Hall–Kier alpha value is -1.28. The van der Waals surface area contributed by atoms with Crippen molar-refractivity contribution < 1.29 is 4.74 Å². The molecule has 0 radical (unpaired) electrons. The van der Waals surface area contributed by atoms with E-state index in [4.69, 9.17) is 4.74 Å². The summed E-state index contributed by atoms with van der Waals surface area (Å²) in [6.45, 7) is 2.93. The lowest BCUT2D eigenvalue weighted by molar-refractivity contribution is 0.357. The van der Waals surface area contributed by atoms with Crippen molar-refractivity contribution in [2.75, 3.05) is 6.61 Å². The molecule has 1 heterocycles. The molecular formula is C16H15BrO. The summed E-state index contributed by atoms with van der Waals surface area (Å²) in [6, 6.07) is 15.1. The van der Waals surface area contributed by atoms with Crippen molar-refractivity contribution in [3.8, 4) is 5.75 Å². The van der Waals surface area contributed by atoms with E-state index in [1.807, 2.05) is 0 Å². The molecule has 0 aliphatic carbocycles. The highest BCUT2D eigenvalue weighted by Gasteiger charge is 2.16. The first kappa shape index (κ1) is 11.8. The summed E-state index contributed by atoms with van der Waals surface area (Å²) in [7, 11) is 0. The monoisotopic (exact) mass is 302 g/mol. The minimum Gasteiger partial charge on any atom is -0.493 e. The van der Waals surface area contributed by atoms with E-state index in [2.05, 4.69) is 65.3 Å². The van der Waals surface area contributed by atoms with E-state index < -0.39 is 0 Å². The van der Waals surface area contributed by atoms with Gasteiger partial charge in [0, 0.05) is 6.42 Å². The van der Waals surface area contributed by atoms with Gasteiger partial charge in [-0.05, 0) is 29.7 Å². The standard InChI is InChI=1S/C16H15BrO/c1-11-2-4-12(5-3-11)16(17)14-6-7-15-13(10-14)8-9-18-15/h2-7,10,16H,8-9H2,1H3. The van der Waals surface area contributed by atoms with Gasteiger partial charge >= 0.3 is 0 Å². The SMILES string of the molecule is Cc1ccc(C(Br)c2ccc3c(c2)CCO3)cc1. The van der Waals surface area contributed by atoms with E-state index in [9.17, 15) is 0 Å². The van der Waals surface area contributed by atoms with Gasteiger partial charge in [-0.3, -0.25) is 0 Å². The normalized spacial score (nSPS) is 15.0. The molecule has 1 unspecified atom stereocenters. The van der Waals surface area contributed by atoms with E-state index in [0.717, 1.165) is 18.8 Å². The zero-order valence-electron chi connectivity index (χ0n) is 10.3. The molecule has 1 atom stereocenters. The molecule has 0 spiro atoms. The number of hydrogen-bond donors (Lipinski definition) is 0. The van der Waals surface area contributed by atoms with Gasteiger partial charge in [0.2, 0.25) is 0 Å². The quantitative estimate of drug-likeness (QED) is 0.747. The van der Waals surface area contributed by atoms with Gasteiger partial charge in [0.25, 0.3) is 0 Å². The van der Waals surface area contributed by atoms with Crippen LogP contribution in [-0.4, -0.2) is 6.61 Å². The van der Waals surface area contributed by atoms with Crippen molar-refractivity contribution in [1.29, 1.82) is 0 Å². The topological polar surface area (TPSA) is 9.23 Å². The third kappa shape index (κ3) is 2.17. The highest BCUT2D eigenvalue weighted by molar-refractivity contribution is 9.09. The first-order chi connectivity index (χ1) is 8.74. The van der Waals surface area contributed by atoms with E-state index in [1.165, 1.54) is 22.3 Å². The molecule has 2 aromatic rings. The lowest BCUT2D eigenvalue weighted by Crippen LogP contribution is -1.93. The van der Waals surface area contributed by atoms with Crippen molar-refractivity contribution in [3.05, 3.63) is 64.7 Å². The van der Waals surface area contributed by atoms with Crippen LogP contribution in [0.2, 0.25) is 0 Å². The molecule has 2 aromatic carbocycles. The van der Waals surface area contributed by atoms with Gasteiger partial charge in [-0.25, -0.2) is 0 Å². The number of halogens is 1. The maximum absolute atomic E-state index is 5.54. The molecule has 0 bridgehead atoms. The minimum atomic E-state index is 0.254. The van der Waals surface area contributed by atoms with Gasteiger partial charge in [-0.15, -0.1) is 0 Å². The maximum Gasteiger partial charge on any atom is 0.122 e. The van der Waals surface area contributed by atoms with E-state index in [0.29, 0.717) is 0 Å². The molecule has 1 aliphatic heterocycles. The van der Waals surface area contributed by atoms with Crippen LogP contribution >= 0.6 is 15.9 Å². The van der Waals surface area contributed by atoms with Crippen LogP contribution in [0.15, 0.2) is 42.5 Å². The summed E-state index contributed by atoms with van der Waals surface area (Å²) in [4.78, 5) is 0.254. The Morgan fingerprint density at radius 3 is 2.56 bits per heavy atom. The van der Waals surface area contributed by atoms with Gasteiger partial charge in [0.15, 0.2) is 0 Å². The highest BCUT2D eigenvalue weighted by atomic mass is 79.9.